The van der Waals surface area contributed by atoms with Crippen LogP contribution < -0.4 is 0 Å². The number of hydrogen-bond acceptors (Lipinski definition) is 2. The number of phenolic OH excluding ortho intramolecular Hbond substituents is 2. The van der Waals surface area contributed by atoms with Crippen LogP contribution in [0.5, 0.6) is 11.5 Å². The van der Waals surface area contributed by atoms with Gasteiger partial charge in [-0.15, -0.1) is 0 Å². The molecule has 0 heterocycles. The Morgan fingerprint density at radius 3 is 2.78 bits per heavy atom. The minimum atomic E-state index is -0.0137. The summed E-state index contributed by atoms with van der Waals surface area (Å²) in [6, 6.07) is 4.13. The number of hydrogen-bond donors (Lipinski definition) is 2. The summed E-state index contributed by atoms with van der Waals surface area (Å²) in [6.45, 7) is -0.0137. The fourth-order valence-electron chi connectivity index (χ4n) is 0.572. The standard InChI is InChI=1S/C7H8O2/c1-5-4-6(8)2-3-7(5)9/h2-4,8-9H,1H3/i1D. The molecule has 1 aromatic rings. The summed E-state index contributed by atoms with van der Waals surface area (Å²) >= 11 is 0. The Labute approximate surface area is 54.8 Å². The van der Waals surface area contributed by atoms with Gasteiger partial charge in [0.15, 0.2) is 0 Å². The summed E-state index contributed by atoms with van der Waals surface area (Å²) in [5, 5.41) is 17.9. The van der Waals surface area contributed by atoms with Gasteiger partial charge in [0.2, 0.25) is 0 Å². The monoisotopic (exact) mass is 125 g/mol. The van der Waals surface area contributed by atoms with E-state index < -0.39 is 0 Å². The van der Waals surface area contributed by atoms with E-state index >= 15 is 0 Å². The molecule has 1 rings (SSSR count). The van der Waals surface area contributed by atoms with Crippen molar-refractivity contribution in [3.8, 4) is 11.5 Å². The van der Waals surface area contributed by atoms with Crippen molar-refractivity contribution in [2.24, 2.45) is 0 Å². The molecule has 0 unspecified atom stereocenters. The third kappa shape index (κ3) is 1.13. The summed E-state index contributed by atoms with van der Waals surface area (Å²) in [5.74, 6) is 0.146. The van der Waals surface area contributed by atoms with E-state index in [1.54, 1.807) is 0 Å². The molecule has 0 bridgehead atoms. The van der Waals surface area contributed by atoms with E-state index in [9.17, 15) is 0 Å². The summed E-state index contributed by atoms with van der Waals surface area (Å²) in [6.07, 6.45) is 0. The van der Waals surface area contributed by atoms with Crippen LogP contribution in [0.25, 0.3) is 0 Å². The fourth-order valence-corrected chi connectivity index (χ4v) is 0.572. The number of aryl methyl sites for hydroxylation is 1. The number of phenols is 2. The highest BCUT2D eigenvalue weighted by Crippen LogP contribution is 2.19. The van der Waals surface area contributed by atoms with Crippen molar-refractivity contribution in [1.82, 2.24) is 0 Å². The van der Waals surface area contributed by atoms with Gasteiger partial charge in [-0.25, -0.2) is 0 Å². The van der Waals surface area contributed by atoms with Crippen molar-refractivity contribution in [2.45, 2.75) is 6.90 Å². The number of rotatable bonds is 0. The van der Waals surface area contributed by atoms with Gasteiger partial charge < -0.3 is 10.2 Å². The van der Waals surface area contributed by atoms with E-state index in [2.05, 4.69) is 0 Å². The Balaban J connectivity index is 3.09. The van der Waals surface area contributed by atoms with E-state index in [1.165, 1.54) is 18.2 Å². The zero-order valence-electron chi connectivity index (χ0n) is 5.83. The molecule has 0 saturated heterocycles. The largest absolute Gasteiger partial charge is 0.508 e. The fraction of sp³-hybridized carbons (Fsp3) is 0.143. The van der Waals surface area contributed by atoms with Crippen LogP contribution >= 0.6 is 0 Å². The first-order valence-corrected chi connectivity index (χ1v) is 2.54. The zero-order valence-corrected chi connectivity index (χ0v) is 4.83. The Bertz CT molecular complexity index is 235. The average Bonchev–Trinajstić information content (AvgIpc) is 1.94. The molecule has 0 atom stereocenters. The van der Waals surface area contributed by atoms with E-state index in [-0.39, 0.29) is 18.4 Å². The molecular weight excluding hydrogens is 116 g/mol. The highest BCUT2D eigenvalue weighted by atomic mass is 16.3. The molecule has 0 aliphatic heterocycles. The summed E-state index contributed by atoms with van der Waals surface area (Å²) < 4.78 is 6.91. The van der Waals surface area contributed by atoms with Gasteiger partial charge in [-0.3, -0.25) is 0 Å². The second kappa shape index (κ2) is 1.97. The molecule has 48 valence electrons. The lowest BCUT2D eigenvalue weighted by atomic mass is 10.2. The molecule has 0 fully saturated rings. The Hall–Kier alpha value is -1.18. The van der Waals surface area contributed by atoms with Crippen LogP contribution in [0.3, 0.4) is 0 Å². The smallest absolute Gasteiger partial charge is 0.118 e. The lowest BCUT2D eigenvalue weighted by Gasteiger charge is -1.96. The Morgan fingerprint density at radius 2 is 2.22 bits per heavy atom. The summed E-state index contributed by atoms with van der Waals surface area (Å²) in [7, 11) is 0. The predicted octanol–water partition coefficient (Wildman–Crippen LogP) is 1.41. The van der Waals surface area contributed by atoms with Gasteiger partial charge in [0.25, 0.3) is 0 Å². The van der Waals surface area contributed by atoms with Gasteiger partial charge in [0.1, 0.15) is 11.5 Å². The summed E-state index contributed by atoms with van der Waals surface area (Å²) in [5.41, 5.74) is 0.444. The van der Waals surface area contributed by atoms with Crippen molar-refractivity contribution in [3.05, 3.63) is 23.8 Å². The molecule has 0 saturated carbocycles. The lowest BCUT2D eigenvalue weighted by Crippen LogP contribution is -1.71. The second-order valence-corrected chi connectivity index (χ2v) is 1.81. The maximum atomic E-state index is 9.00. The van der Waals surface area contributed by atoms with Crippen LogP contribution in [0.15, 0.2) is 18.2 Å². The van der Waals surface area contributed by atoms with Gasteiger partial charge in [0, 0.05) is 1.37 Å². The van der Waals surface area contributed by atoms with Crippen molar-refractivity contribution >= 4 is 0 Å². The van der Waals surface area contributed by atoms with Crippen LogP contribution in [0.2, 0.25) is 0 Å². The van der Waals surface area contributed by atoms with Gasteiger partial charge in [-0.2, -0.15) is 0 Å². The third-order valence-electron chi connectivity index (χ3n) is 1.06. The molecule has 0 aliphatic rings. The molecular formula is C7H8O2. The van der Waals surface area contributed by atoms with Crippen LogP contribution in [-0.4, -0.2) is 10.2 Å². The second-order valence-electron chi connectivity index (χ2n) is 1.81. The number of benzene rings is 1. The highest BCUT2D eigenvalue weighted by molar-refractivity contribution is 5.37. The first-order valence-electron chi connectivity index (χ1n) is 3.25. The van der Waals surface area contributed by atoms with E-state index in [0.29, 0.717) is 5.56 Å². The lowest BCUT2D eigenvalue weighted by molar-refractivity contribution is 0.456. The first kappa shape index (κ1) is 4.68. The van der Waals surface area contributed by atoms with Crippen LogP contribution in [0.1, 0.15) is 6.93 Å². The maximum absolute atomic E-state index is 9.00. The molecule has 0 amide bonds. The first-order chi connectivity index (χ1) is 4.74. The van der Waals surface area contributed by atoms with Crippen LogP contribution in [0.4, 0.5) is 0 Å². The molecule has 1 aromatic carbocycles. The average molecular weight is 125 g/mol. The Kier molecular flexibility index (Phi) is 1.03. The minimum absolute atomic E-state index is 0.0137. The minimum Gasteiger partial charge on any atom is -0.508 e. The molecule has 0 aliphatic carbocycles. The van der Waals surface area contributed by atoms with Crippen molar-refractivity contribution in [1.29, 1.82) is 0 Å². The van der Waals surface area contributed by atoms with Gasteiger partial charge in [0.05, 0.1) is 0 Å². The zero-order chi connectivity index (χ0) is 7.56. The van der Waals surface area contributed by atoms with Crippen LogP contribution in [0, 0.1) is 6.90 Å². The number of aromatic hydroxyl groups is 2. The molecule has 0 aromatic heterocycles. The topological polar surface area (TPSA) is 40.5 Å². The van der Waals surface area contributed by atoms with Crippen molar-refractivity contribution in [3.63, 3.8) is 0 Å². The molecule has 0 radical (unpaired) electrons. The highest BCUT2D eigenvalue weighted by Gasteiger charge is 1.93. The molecule has 2 heteroatoms. The normalized spacial score (nSPS) is 10.9. The Morgan fingerprint density at radius 1 is 1.44 bits per heavy atom. The molecule has 9 heavy (non-hydrogen) atoms. The van der Waals surface area contributed by atoms with Gasteiger partial charge in [-0.1, -0.05) is 0 Å². The summed E-state index contributed by atoms with van der Waals surface area (Å²) in [4.78, 5) is 0. The van der Waals surface area contributed by atoms with E-state index in [0.717, 1.165) is 0 Å². The van der Waals surface area contributed by atoms with Crippen LogP contribution in [-0.2, 0) is 0 Å². The van der Waals surface area contributed by atoms with Crippen molar-refractivity contribution < 1.29 is 11.6 Å². The molecule has 0 spiro atoms. The van der Waals surface area contributed by atoms with E-state index in [1.807, 2.05) is 0 Å². The predicted molar refractivity (Wildman–Crippen MR) is 34.5 cm³/mol. The quantitative estimate of drug-likeness (QED) is 0.514. The third-order valence-corrected chi connectivity index (χ3v) is 1.06. The molecule has 2 nitrogen and oxygen atoms in total. The maximum Gasteiger partial charge on any atom is 0.118 e. The van der Waals surface area contributed by atoms with Crippen molar-refractivity contribution in [2.75, 3.05) is 0 Å². The SMILES string of the molecule is [2H]Cc1cc(O)ccc1O. The molecule has 2 N–H and O–H groups in total. The van der Waals surface area contributed by atoms with Gasteiger partial charge >= 0.3 is 0 Å². The van der Waals surface area contributed by atoms with Gasteiger partial charge in [-0.05, 0) is 30.7 Å². The van der Waals surface area contributed by atoms with E-state index in [4.69, 9.17) is 11.6 Å².